The van der Waals surface area contributed by atoms with Crippen molar-refractivity contribution in [2.24, 2.45) is 0 Å². The zero-order valence-electron chi connectivity index (χ0n) is 15.8. The molecule has 0 radical (unpaired) electrons. The molecule has 1 N–H and O–H groups in total. The van der Waals surface area contributed by atoms with Gasteiger partial charge in [-0.25, -0.2) is 4.68 Å². The molecule has 28 heavy (non-hydrogen) atoms. The van der Waals surface area contributed by atoms with E-state index in [1.807, 2.05) is 42.3 Å². The Morgan fingerprint density at radius 2 is 1.71 bits per heavy atom. The second-order valence-corrected chi connectivity index (χ2v) is 6.98. The molecule has 2 aromatic carbocycles. The molecule has 142 valence electrons. The largest absolute Gasteiger partial charge is 0.339 e. The average Bonchev–Trinajstić information content (AvgIpc) is 3.43. The summed E-state index contributed by atoms with van der Waals surface area (Å²) >= 11 is 0. The quantitative estimate of drug-likeness (QED) is 0.758. The summed E-state index contributed by atoms with van der Waals surface area (Å²) in [5, 5.41) is 7.11. The second-order valence-electron chi connectivity index (χ2n) is 6.98. The van der Waals surface area contributed by atoms with Crippen LogP contribution in [0.3, 0.4) is 0 Å². The standard InChI is InChI=1S/C22H22N4O2/c1-16-15-18(22(28)25-12-2-3-13-25)7-10-20(16)24-21(27)17-5-8-19(9-6-17)26-14-4-11-23-26/h4-11,14-15H,2-3,12-13H2,1H3,(H,24,27). The van der Waals surface area contributed by atoms with Crippen molar-refractivity contribution in [1.82, 2.24) is 14.7 Å². The van der Waals surface area contributed by atoms with Gasteiger partial charge in [0.2, 0.25) is 0 Å². The molecule has 3 aromatic rings. The Bertz CT molecular complexity index is 988. The molecule has 0 spiro atoms. The molecule has 0 unspecified atom stereocenters. The van der Waals surface area contributed by atoms with E-state index >= 15 is 0 Å². The van der Waals surface area contributed by atoms with Gasteiger partial charge in [-0.3, -0.25) is 9.59 Å². The number of benzene rings is 2. The molecule has 6 nitrogen and oxygen atoms in total. The molecule has 0 bridgehead atoms. The number of carbonyl (C=O) groups excluding carboxylic acids is 2. The van der Waals surface area contributed by atoms with Gasteiger partial charge in [0.1, 0.15) is 0 Å². The number of carbonyl (C=O) groups is 2. The molecule has 2 amide bonds. The second kappa shape index (κ2) is 7.68. The Kier molecular flexibility index (Phi) is 4.93. The van der Waals surface area contributed by atoms with Crippen molar-refractivity contribution in [1.29, 1.82) is 0 Å². The van der Waals surface area contributed by atoms with Gasteiger partial charge < -0.3 is 10.2 Å². The Morgan fingerprint density at radius 3 is 2.36 bits per heavy atom. The maximum atomic E-state index is 12.6. The number of rotatable bonds is 4. The molecule has 1 aromatic heterocycles. The van der Waals surface area contributed by atoms with Crippen LogP contribution in [0.5, 0.6) is 0 Å². The third-order valence-corrected chi connectivity index (χ3v) is 5.01. The van der Waals surface area contributed by atoms with Gasteiger partial charge in [0.05, 0.1) is 5.69 Å². The minimum absolute atomic E-state index is 0.0627. The number of aromatic nitrogens is 2. The molecule has 0 aliphatic carbocycles. The summed E-state index contributed by atoms with van der Waals surface area (Å²) in [7, 11) is 0. The van der Waals surface area contributed by atoms with Crippen LogP contribution in [-0.4, -0.2) is 39.6 Å². The number of anilines is 1. The van der Waals surface area contributed by atoms with E-state index < -0.39 is 0 Å². The van der Waals surface area contributed by atoms with Crippen molar-refractivity contribution in [2.45, 2.75) is 19.8 Å². The molecule has 1 fully saturated rings. The Labute approximate surface area is 163 Å². The molecule has 0 atom stereocenters. The minimum Gasteiger partial charge on any atom is -0.339 e. The molecule has 4 rings (SSSR count). The lowest BCUT2D eigenvalue weighted by Gasteiger charge is -2.16. The summed E-state index contributed by atoms with van der Waals surface area (Å²) in [6.45, 7) is 3.55. The van der Waals surface area contributed by atoms with Crippen LogP contribution in [0.2, 0.25) is 0 Å². The predicted octanol–water partition coefficient (Wildman–Crippen LogP) is 3.67. The van der Waals surface area contributed by atoms with Crippen molar-refractivity contribution in [3.63, 3.8) is 0 Å². The van der Waals surface area contributed by atoms with Crippen LogP contribution in [-0.2, 0) is 0 Å². The first kappa shape index (κ1) is 18.0. The SMILES string of the molecule is Cc1cc(C(=O)N2CCCC2)ccc1NC(=O)c1ccc(-n2cccn2)cc1. The van der Waals surface area contributed by atoms with E-state index in [-0.39, 0.29) is 11.8 Å². The normalized spacial score (nSPS) is 13.5. The Morgan fingerprint density at radius 1 is 1.00 bits per heavy atom. The third-order valence-electron chi connectivity index (χ3n) is 5.01. The number of hydrogen-bond donors (Lipinski definition) is 1. The van der Waals surface area contributed by atoms with E-state index in [2.05, 4.69) is 10.4 Å². The number of amides is 2. The minimum atomic E-state index is -0.186. The summed E-state index contributed by atoms with van der Waals surface area (Å²) in [4.78, 5) is 27.0. The van der Waals surface area contributed by atoms with Crippen LogP contribution in [0.1, 0.15) is 39.1 Å². The highest BCUT2D eigenvalue weighted by Crippen LogP contribution is 2.20. The van der Waals surface area contributed by atoms with Crippen molar-refractivity contribution in [3.05, 3.63) is 77.6 Å². The zero-order chi connectivity index (χ0) is 19.5. The summed E-state index contributed by atoms with van der Waals surface area (Å²) in [5.74, 6) is -0.124. The Balaban J connectivity index is 1.46. The van der Waals surface area contributed by atoms with Crippen LogP contribution in [0.4, 0.5) is 5.69 Å². The van der Waals surface area contributed by atoms with E-state index in [0.29, 0.717) is 16.8 Å². The van der Waals surface area contributed by atoms with Gasteiger partial charge in [-0.05, 0) is 73.9 Å². The fourth-order valence-electron chi connectivity index (χ4n) is 3.42. The van der Waals surface area contributed by atoms with E-state index in [4.69, 9.17) is 0 Å². The van der Waals surface area contributed by atoms with E-state index in [1.54, 1.807) is 35.1 Å². The summed E-state index contributed by atoms with van der Waals surface area (Å²) < 4.78 is 1.74. The van der Waals surface area contributed by atoms with Crippen molar-refractivity contribution < 1.29 is 9.59 Å². The van der Waals surface area contributed by atoms with Gasteiger partial charge in [0.15, 0.2) is 0 Å². The predicted molar refractivity (Wildman–Crippen MR) is 108 cm³/mol. The molecule has 1 saturated heterocycles. The van der Waals surface area contributed by atoms with Crippen LogP contribution < -0.4 is 5.32 Å². The number of hydrogen-bond acceptors (Lipinski definition) is 3. The Hall–Kier alpha value is -3.41. The molecular weight excluding hydrogens is 352 g/mol. The molecule has 1 aliphatic rings. The highest BCUT2D eigenvalue weighted by atomic mass is 16.2. The van der Waals surface area contributed by atoms with Crippen LogP contribution in [0, 0.1) is 6.92 Å². The number of nitrogens with zero attached hydrogens (tertiary/aromatic N) is 3. The van der Waals surface area contributed by atoms with Gasteiger partial charge in [-0.15, -0.1) is 0 Å². The topological polar surface area (TPSA) is 67.2 Å². The number of likely N-dealkylation sites (tertiary alicyclic amines) is 1. The summed E-state index contributed by atoms with van der Waals surface area (Å²) in [6.07, 6.45) is 5.70. The molecule has 2 heterocycles. The lowest BCUT2D eigenvalue weighted by molar-refractivity contribution is 0.0792. The first-order valence-electron chi connectivity index (χ1n) is 9.43. The van der Waals surface area contributed by atoms with Gasteiger partial charge >= 0.3 is 0 Å². The van der Waals surface area contributed by atoms with E-state index in [1.165, 1.54) is 0 Å². The fourth-order valence-corrected chi connectivity index (χ4v) is 3.42. The summed E-state index contributed by atoms with van der Waals surface area (Å²) in [6, 6.07) is 14.5. The zero-order valence-corrected chi connectivity index (χ0v) is 15.8. The van der Waals surface area contributed by atoms with E-state index in [0.717, 1.165) is 37.2 Å². The lowest BCUT2D eigenvalue weighted by atomic mass is 10.1. The molecule has 1 aliphatic heterocycles. The number of aryl methyl sites for hydroxylation is 1. The average molecular weight is 374 g/mol. The van der Waals surface area contributed by atoms with Gasteiger partial charge in [-0.1, -0.05) is 0 Å². The highest BCUT2D eigenvalue weighted by molar-refractivity contribution is 6.05. The van der Waals surface area contributed by atoms with Crippen molar-refractivity contribution >= 4 is 17.5 Å². The van der Waals surface area contributed by atoms with E-state index in [9.17, 15) is 9.59 Å². The lowest BCUT2D eigenvalue weighted by Crippen LogP contribution is -2.27. The molecule has 6 heteroatoms. The maximum absolute atomic E-state index is 12.6. The third kappa shape index (κ3) is 3.67. The highest BCUT2D eigenvalue weighted by Gasteiger charge is 2.20. The molecule has 0 saturated carbocycles. The van der Waals surface area contributed by atoms with Crippen LogP contribution in [0.15, 0.2) is 60.9 Å². The van der Waals surface area contributed by atoms with Crippen LogP contribution in [0.25, 0.3) is 5.69 Å². The molecular formula is C22H22N4O2. The van der Waals surface area contributed by atoms with Gasteiger partial charge in [0, 0.05) is 42.3 Å². The first-order chi connectivity index (χ1) is 13.6. The fraction of sp³-hybridized carbons (Fsp3) is 0.227. The number of nitrogens with one attached hydrogen (secondary N) is 1. The van der Waals surface area contributed by atoms with Crippen LogP contribution >= 0.6 is 0 Å². The van der Waals surface area contributed by atoms with Gasteiger partial charge in [-0.2, -0.15) is 5.10 Å². The monoisotopic (exact) mass is 374 g/mol. The maximum Gasteiger partial charge on any atom is 0.255 e. The smallest absolute Gasteiger partial charge is 0.255 e. The summed E-state index contributed by atoms with van der Waals surface area (Å²) in [5.41, 5.74) is 3.70. The van der Waals surface area contributed by atoms with Crippen molar-refractivity contribution in [2.75, 3.05) is 18.4 Å². The first-order valence-corrected chi connectivity index (χ1v) is 9.43. The van der Waals surface area contributed by atoms with Gasteiger partial charge in [0.25, 0.3) is 11.8 Å². The van der Waals surface area contributed by atoms with Crippen molar-refractivity contribution in [3.8, 4) is 5.69 Å².